The normalized spacial score (nSPS) is 10.4. The standard InChI is InChI=1S/C13H16N4OS/c1-3-5-11-15-12(17-16-11)13(18)14-9-6-4-7-10(8-9)19-2/h4,6-8H,3,5H2,1-2H3,(H,14,18)(H,15,16,17). The highest BCUT2D eigenvalue weighted by Crippen LogP contribution is 2.19. The van der Waals surface area contributed by atoms with Crippen molar-refractivity contribution in [2.75, 3.05) is 11.6 Å². The summed E-state index contributed by atoms with van der Waals surface area (Å²) in [6.07, 6.45) is 3.75. The van der Waals surface area contributed by atoms with Crippen LogP contribution in [0.25, 0.3) is 0 Å². The van der Waals surface area contributed by atoms with Gasteiger partial charge in [-0.05, 0) is 30.9 Å². The zero-order valence-electron chi connectivity index (χ0n) is 10.9. The van der Waals surface area contributed by atoms with E-state index in [4.69, 9.17) is 0 Å². The molecule has 1 amide bonds. The number of nitrogens with one attached hydrogen (secondary N) is 2. The number of benzene rings is 1. The van der Waals surface area contributed by atoms with Gasteiger partial charge in [0, 0.05) is 17.0 Å². The number of aryl methyl sites for hydroxylation is 1. The molecule has 2 aromatic rings. The second-order valence-electron chi connectivity index (χ2n) is 4.04. The molecule has 100 valence electrons. The summed E-state index contributed by atoms with van der Waals surface area (Å²) in [5.74, 6) is 0.625. The number of hydrogen-bond donors (Lipinski definition) is 2. The quantitative estimate of drug-likeness (QED) is 0.824. The lowest BCUT2D eigenvalue weighted by molar-refractivity contribution is 0.101. The number of thioether (sulfide) groups is 1. The minimum absolute atomic E-state index is 0.179. The number of nitrogens with zero attached hydrogens (tertiary/aromatic N) is 2. The van der Waals surface area contributed by atoms with E-state index in [-0.39, 0.29) is 11.7 Å². The second kappa shape index (κ2) is 6.38. The highest BCUT2D eigenvalue weighted by Gasteiger charge is 2.12. The average molecular weight is 276 g/mol. The van der Waals surface area contributed by atoms with Gasteiger partial charge in [0.2, 0.25) is 5.82 Å². The van der Waals surface area contributed by atoms with Gasteiger partial charge in [0.15, 0.2) is 0 Å². The molecule has 0 saturated carbocycles. The fourth-order valence-corrected chi connectivity index (χ4v) is 2.09. The number of anilines is 1. The zero-order chi connectivity index (χ0) is 13.7. The van der Waals surface area contributed by atoms with Crippen molar-refractivity contribution in [2.45, 2.75) is 24.7 Å². The van der Waals surface area contributed by atoms with E-state index in [2.05, 4.69) is 27.4 Å². The molecule has 0 aliphatic heterocycles. The average Bonchev–Trinajstić information content (AvgIpc) is 2.88. The largest absolute Gasteiger partial charge is 0.319 e. The van der Waals surface area contributed by atoms with Crippen LogP contribution in [0.4, 0.5) is 5.69 Å². The van der Waals surface area contributed by atoms with Crippen LogP contribution < -0.4 is 5.32 Å². The molecule has 2 rings (SSSR count). The molecule has 0 aliphatic rings. The van der Waals surface area contributed by atoms with E-state index in [1.165, 1.54) is 0 Å². The monoisotopic (exact) mass is 276 g/mol. The summed E-state index contributed by atoms with van der Waals surface area (Å²) in [6.45, 7) is 2.05. The van der Waals surface area contributed by atoms with Crippen molar-refractivity contribution in [3.8, 4) is 0 Å². The van der Waals surface area contributed by atoms with Crippen molar-refractivity contribution >= 4 is 23.4 Å². The van der Waals surface area contributed by atoms with Gasteiger partial charge >= 0.3 is 0 Å². The minimum atomic E-state index is -0.295. The number of aromatic nitrogens is 3. The maximum absolute atomic E-state index is 12.0. The minimum Gasteiger partial charge on any atom is -0.319 e. The van der Waals surface area contributed by atoms with Crippen molar-refractivity contribution in [2.24, 2.45) is 0 Å². The summed E-state index contributed by atoms with van der Waals surface area (Å²) in [5, 5.41) is 9.48. The Hall–Kier alpha value is -1.82. The van der Waals surface area contributed by atoms with E-state index in [9.17, 15) is 4.79 Å². The summed E-state index contributed by atoms with van der Waals surface area (Å²) < 4.78 is 0. The molecule has 1 heterocycles. The Balaban J connectivity index is 2.06. The predicted octanol–water partition coefficient (Wildman–Crippen LogP) is 2.73. The van der Waals surface area contributed by atoms with Crippen LogP contribution in [0.2, 0.25) is 0 Å². The smallest absolute Gasteiger partial charge is 0.295 e. The Morgan fingerprint density at radius 3 is 3.05 bits per heavy atom. The van der Waals surface area contributed by atoms with Gasteiger partial charge in [0.05, 0.1) is 0 Å². The molecule has 19 heavy (non-hydrogen) atoms. The molecule has 6 heteroatoms. The van der Waals surface area contributed by atoms with E-state index in [1.807, 2.05) is 30.5 Å². The molecule has 0 radical (unpaired) electrons. The van der Waals surface area contributed by atoms with Gasteiger partial charge in [-0.25, -0.2) is 4.98 Å². The lowest BCUT2D eigenvalue weighted by Crippen LogP contribution is -2.13. The van der Waals surface area contributed by atoms with E-state index >= 15 is 0 Å². The van der Waals surface area contributed by atoms with Crippen LogP contribution in [0.15, 0.2) is 29.2 Å². The Morgan fingerprint density at radius 2 is 2.32 bits per heavy atom. The van der Waals surface area contributed by atoms with Crippen LogP contribution in [0.5, 0.6) is 0 Å². The first-order valence-electron chi connectivity index (χ1n) is 6.09. The molecule has 1 aromatic carbocycles. The van der Waals surface area contributed by atoms with E-state index in [0.717, 1.165) is 29.2 Å². The van der Waals surface area contributed by atoms with Crippen LogP contribution in [-0.2, 0) is 6.42 Å². The first kappa shape index (κ1) is 13.6. The molecule has 0 saturated heterocycles. The maximum atomic E-state index is 12.0. The number of hydrogen-bond acceptors (Lipinski definition) is 4. The summed E-state index contributed by atoms with van der Waals surface area (Å²) in [6, 6.07) is 7.66. The van der Waals surface area contributed by atoms with Crippen LogP contribution in [-0.4, -0.2) is 27.3 Å². The van der Waals surface area contributed by atoms with Gasteiger partial charge in [-0.1, -0.05) is 13.0 Å². The first-order valence-corrected chi connectivity index (χ1v) is 7.32. The fourth-order valence-electron chi connectivity index (χ4n) is 1.63. The number of rotatable bonds is 5. The molecule has 5 nitrogen and oxygen atoms in total. The molecule has 0 unspecified atom stereocenters. The van der Waals surface area contributed by atoms with Gasteiger partial charge < -0.3 is 5.32 Å². The Morgan fingerprint density at radius 1 is 1.47 bits per heavy atom. The van der Waals surface area contributed by atoms with Gasteiger partial charge in [-0.2, -0.15) is 0 Å². The second-order valence-corrected chi connectivity index (χ2v) is 4.92. The lowest BCUT2D eigenvalue weighted by atomic mass is 10.3. The highest BCUT2D eigenvalue weighted by atomic mass is 32.2. The molecule has 0 bridgehead atoms. The SMILES string of the molecule is CCCc1nc(C(=O)Nc2cccc(SC)c2)n[nH]1. The van der Waals surface area contributed by atoms with Gasteiger partial charge in [0.25, 0.3) is 5.91 Å². The number of aromatic amines is 1. The fraction of sp³-hybridized carbons (Fsp3) is 0.308. The number of amides is 1. The van der Waals surface area contributed by atoms with Crippen molar-refractivity contribution in [1.82, 2.24) is 15.2 Å². The molecule has 0 aliphatic carbocycles. The topological polar surface area (TPSA) is 70.7 Å². The van der Waals surface area contributed by atoms with Crippen molar-refractivity contribution < 1.29 is 4.79 Å². The predicted molar refractivity (Wildman–Crippen MR) is 76.6 cm³/mol. The molecular formula is C13H16N4OS. The van der Waals surface area contributed by atoms with E-state index in [1.54, 1.807) is 11.8 Å². The molecule has 0 fully saturated rings. The molecule has 1 aromatic heterocycles. The maximum Gasteiger partial charge on any atom is 0.295 e. The van der Waals surface area contributed by atoms with Crippen LogP contribution in [0.1, 0.15) is 29.8 Å². The third-order valence-corrected chi connectivity index (χ3v) is 3.27. The zero-order valence-corrected chi connectivity index (χ0v) is 11.8. The molecule has 0 spiro atoms. The number of carbonyl (C=O) groups is 1. The summed E-state index contributed by atoms with van der Waals surface area (Å²) in [7, 11) is 0. The molecule has 0 atom stereocenters. The third-order valence-electron chi connectivity index (χ3n) is 2.55. The Kier molecular flexibility index (Phi) is 4.57. The van der Waals surface area contributed by atoms with Crippen molar-refractivity contribution in [1.29, 1.82) is 0 Å². The Bertz CT molecular complexity index is 567. The summed E-state index contributed by atoms with van der Waals surface area (Å²) in [4.78, 5) is 17.2. The van der Waals surface area contributed by atoms with E-state index < -0.39 is 0 Å². The Labute approximate surface area is 116 Å². The first-order chi connectivity index (χ1) is 9.22. The van der Waals surface area contributed by atoms with Crippen LogP contribution >= 0.6 is 11.8 Å². The molecule has 2 N–H and O–H groups in total. The molecular weight excluding hydrogens is 260 g/mol. The highest BCUT2D eigenvalue weighted by molar-refractivity contribution is 7.98. The summed E-state index contributed by atoms with van der Waals surface area (Å²) in [5.41, 5.74) is 0.749. The number of H-pyrrole nitrogens is 1. The lowest BCUT2D eigenvalue weighted by Gasteiger charge is -2.03. The van der Waals surface area contributed by atoms with Crippen molar-refractivity contribution in [3.63, 3.8) is 0 Å². The van der Waals surface area contributed by atoms with Crippen LogP contribution in [0.3, 0.4) is 0 Å². The van der Waals surface area contributed by atoms with Gasteiger partial charge in [0.1, 0.15) is 5.82 Å². The van der Waals surface area contributed by atoms with Crippen molar-refractivity contribution in [3.05, 3.63) is 35.9 Å². The van der Waals surface area contributed by atoms with E-state index in [0.29, 0.717) is 0 Å². The van der Waals surface area contributed by atoms with Gasteiger partial charge in [-0.15, -0.1) is 16.9 Å². The van der Waals surface area contributed by atoms with Gasteiger partial charge in [-0.3, -0.25) is 9.89 Å². The summed E-state index contributed by atoms with van der Waals surface area (Å²) >= 11 is 1.63. The number of carbonyl (C=O) groups excluding carboxylic acids is 1. The van der Waals surface area contributed by atoms with Crippen LogP contribution in [0, 0.1) is 0 Å². The third kappa shape index (κ3) is 3.57.